The Kier molecular flexibility index (Phi) is 20.4. The Balaban J connectivity index is 0.00000361. The second kappa shape index (κ2) is 22.2. The van der Waals surface area contributed by atoms with Gasteiger partial charge < -0.3 is 64.7 Å². The standard InChI is InChI=1S/C26H39N9O16P2.3Na/c1-46-20-19(13(10-48-53(43,44)45)50-24(20)35-11-29-16-21(35)32-25(28)33-22(16)40)51-52(42,30-7-4-2-3-5-15(36)37)47-9-12-17(38)18(39)23(49-12)34-8-6-14(27)31-26(34)41;;;/h6,8,11-13,17-20,23-24,38-39H,2-5,7,9-10H2,1H3,(H,30,42)(H,36,37)(H2,27,31,41)(H2,43,44,45)(H3,28,32,33,40);;;/q;3*+1/p-3/t12-,13-,17-,18-,19-,20-,23-,24-,52?;;;/m1.../s1. The van der Waals surface area contributed by atoms with Crippen molar-refractivity contribution in [2.75, 3.05) is 38.3 Å². The minimum Gasteiger partial charge on any atom is -0.790 e. The number of phosphoric ester groups is 1. The molecular formula is C26H36N9Na3O16P2. The number of carbonyl (C=O) groups is 1. The van der Waals surface area contributed by atoms with Crippen molar-refractivity contribution in [3.63, 3.8) is 0 Å². The average molecular weight is 862 g/mol. The minimum absolute atomic E-state index is 0. The van der Waals surface area contributed by atoms with Gasteiger partial charge in [0.1, 0.15) is 42.4 Å². The summed E-state index contributed by atoms with van der Waals surface area (Å²) in [7, 11) is -9.08. The number of ether oxygens (including phenoxy) is 3. The van der Waals surface area contributed by atoms with E-state index in [2.05, 4.69) is 29.5 Å². The molecule has 0 spiro atoms. The summed E-state index contributed by atoms with van der Waals surface area (Å²) in [6.45, 7) is -1.83. The predicted molar refractivity (Wildman–Crippen MR) is 170 cm³/mol. The molecule has 3 aromatic rings. The van der Waals surface area contributed by atoms with Crippen LogP contribution < -0.4 is 131 Å². The summed E-state index contributed by atoms with van der Waals surface area (Å²) in [6, 6.07) is 1.25. The first kappa shape index (κ1) is 51.5. The molecule has 2 saturated heterocycles. The molecular weight excluding hydrogens is 825 g/mol. The quantitative estimate of drug-likeness (QED) is 0.0393. The normalized spacial score (nSPS) is 25.9. The molecule has 0 amide bonds. The van der Waals surface area contributed by atoms with Gasteiger partial charge in [0.25, 0.3) is 5.56 Å². The number of carboxylic acids is 1. The number of unbranched alkanes of at least 4 members (excludes halogenated alkanes) is 2. The number of aliphatic hydroxyl groups is 2. The number of nitrogen functional groups attached to an aromatic ring is 2. The van der Waals surface area contributed by atoms with Crippen LogP contribution in [0.3, 0.4) is 0 Å². The van der Waals surface area contributed by atoms with Gasteiger partial charge >= 0.3 is 102 Å². The molecule has 2 aliphatic rings. The summed E-state index contributed by atoms with van der Waals surface area (Å²) in [5.41, 5.74) is 9.37. The first-order chi connectivity index (χ1) is 25.0. The van der Waals surface area contributed by atoms with Gasteiger partial charge in [0.05, 0.1) is 27.4 Å². The molecule has 294 valence electrons. The van der Waals surface area contributed by atoms with Crippen LogP contribution in [0.1, 0.15) is 38.1 Å². The number of carbonyl (C=O) groups excluding carboxylic acids is 1. The zero-order valence-corrected chi connectivity index (χ0v) is 38.5. The van der Waals surface area contributed by atoms with E-state index < -0.39 is 95.1 Å². The van der Waals surface area contributed by atoms with Crippen LogP contribution in [0.2, 0.25) is 0 Å². The number of fused-ring (bicyclic) bond motifs is 1. The number of aromatic nitrogens is 6. The molecule has 0 saturated carbocycles. The molecule has 56 heavy (non-hydrogen) atoms. The summed E-state index contributed by atoms with van der Waals surface area (Å²) in [5, 5.41) is 34.8. The van der Waals surface area contributed by atoms with Crippen LogP contribution in [-0.4, -0.2) is 109 Å². The third kappa shape index (κ3) is 12.9. The Morgan fingerprint density at radius 1 is 0.982 bits per heavy atom. The number of aliphatic hydroxyl groups excluding tert-OH is 2. The fourth-order valence-corrected chi connectivity index (χ4v) is 7.59. The molecule has 2 fully saturated rings. The second-order valence-corrected chi connectivity index (χ2v) is 14.8. The fourth-order valence-electron chi connectivity index (χ4n) is 5.69. The van der Waals surface area contributed by atoms with E-state index in [9.17, 15) is 48.6 Å². The fraction of sp³-hybridized carbons (Fsp3) is 0.615. The number of imidazole rings is 1. The van der Waals surface area contributed by atoms with Crippen molar-refractivity contribution in [2.24, 2.45) is 0 Å². The van der Waals surface area contributed by atoms with E-state index in [1.54, 1.807) is 0 Å². The van der Waals surface area contributed by atoms with E-state index in [-0.39, 0.29) is 137 Å². The monoisotopic (exact) mass is 861 g/mol. The molecule has 0 bridgehead atoms. The Morgan fingerprint density at radius 2 is 1.66 bits per heavy atom. The van der Waals surface area contributed by atoms with Gasteiger partial charge in [-0.15, -0.1) is 0 Å². The number of rotatable bonds is 18. The molecule has 0 aromatic carbocycles. The number of nitrogens with two attached hydrogens (primary N) is 2. The van der Waals surface area contributed by atoms with Gasteiger partial charge in [-0.25, -0.2) is 19.4 Å². The smallest absolute Gasteiger partial charge is 0.790 e. The van der Waals surface area contributed by atoms with Gasteiger partial charge in [-0.3, -0.25) is 28.0 Å². The van der Waals surface area contributed by atoms with Gasteiger partial charge in [0, 0.05) is 25.8 Å². The molecule has 8 N–H and O–H groups in total. The number of H-pyrrole nitrogens is 1. The summed E-state index contributed by atoms with van der Waals surface area (Å²) in [4.78, 5) is 72.5. The van der Waals surface area contributed by atoms with E-state index in [1.807, 2.05) is 0 Å². The Labute approximate surface area is 383 Å². The molecule has 5 heterocycles. The van der Waals surface area contributed by atoms with Crippen LogP contribution in [0.25, 0.3) is 11.2 Å². The van der Waals surface area contributed by atoms with Crippen molar-refractivity contribution < 1.29 is 155 Å². The van der Waals surface area contributed by atoms with Crippen LogP contribution in [0.4, 0.5) is 11.8 Å². The predicted octanol–water partition coefficient (Wildman–Crippen LogP) is -13.7. The number of anilines is 2. The zero-order chi connectivity index (χ0) is 38.7. The molecule has 25 nitrogen and oxygen atoms in total. The van der Waals surface area contributed by atoms with Crippen molar-refractivity contribution >= 4 is 44.5 Å². The third-order valence-electron chi connectivity index (χ3n) is 8.17. The second-order valence-electron chi connectivity index (χ2n) is 11.8. The van der Waals surface area contributed by atoms with Crippen LogP contribution in [0.15, 0.2) is 28.2 Å². The number of methoxy groups -OCH3 is 1. The third-order valence-corrected chi connectivity index (χ3v) is 10.3. The van der Waals surface area contributed by atoms with E-state index in [0.717, 1.165) is 10.9 Å². The van der Waals surface area contributed by atoms with Gasteiger partial charge in [-0.2, -0.15) is 9.97 Å². The Bertz CT molecular complexity index is 1990. The molecule has 3 aromatic heterocycles. The number of nitrogens with one attached hydrogen (secondary N) is 2. The molecule has 0 aliphatic carbocycles. The summed E-state index contributed by atoms with van der Waals surface area (Å²) in [6.07, 6.45) is -9.21. The zero-order valence-electron chi connectivity index (χ0n) is 30.7. The maximum absolute atomic E-state index is 14.4. The van der Waals surface area contributed by atoms with Crippen LogP contribution >= 0.6 is 15.6 Å². The Hall–Kier alpha value is -0.680. The number of carboxylic acid groups (broad SMARTS) is 1. The SMILES string of the molecule is CO[C@@H]1[C@H](OP(=O)(NCCCCCC(=O)[O-])OC[C@H]2O[C@@H](n3ccc(N)nc3=O)[C@H](O)[C@@H]2O)[C@@H](COP(=O)([O-])[O-])O[C@H]1n1cnc2c(=O)[nH]c(N)nc21.[Na+].[Na+].[Na+]. The van der Waals surface area contributed by atoms with E-state index in [0.29, 0.717) is 6.42 Å². The summed E-state index contributed by atoms with van der Waals surface area (Å²) < 4.78 is 61.3. The molecule has 2 aliphatic heterocycles. The number of phosphoric acid groups is 1. The van der Waals surface area contributed by atoms with Crippen LogP contribution in [0, 0.1) is 0 Å². The number of hydrogen-bond donors (Lipinski definition) is 6. The molecule has 0 radical (unpaired) electrons. The molecule has 30 heteroatoms. The van der Waals surface area contributed by atoms with Crippen molar-refractivity contribution in [3.05, 3.63) is 39.4 Å². The average Bonchev–Trinajstić information content (AvgIpc) is 3.73. The maximum atomic E-state index is 14.4. The summed E-state index contributed by atoms with van der Waals surface area (Å²) in [5.74, 6) is -1.65. The van der Waals surface area contributed by atoms with Crippen molar-refractivity contribution in [1.82, 2.24) is 34.2 Å². The molecule has 9 atom stereocenters. The van der Waals surface area contributed by atoms with Crippen molar-refractivity contribution in [3.8, 4) is 0 Å². The van der Waals surface area contributed by atoms with Gasteiger partial charge in [0.15, 0.2) is 23.6 Å². The largest absolute Gasteiger partial charge is 1.00 e. The number of hydrogen-bond acceptors (Lipinski definition) is 21. The number of aromatic amines is 1. The summed E-state index contributed by atoms with van der Waals surface area (Å²) >= 11 is 0. The van der Waals surface area contributed by atoms with Crippen molar-refractivity contribution in [2.45, 2.75) is 74.8 Å². The van der Waals surface area contributed by atoms with Crippen LogP contribution in [-0.2, 0) is 41.7 Å². The first-order valence-corrected chi connectivity index (χ1v) is 18.8. The van der Waals surface area contributed by atoms with Crippen LogP contribution in [0.5, 0.6) is 0 Å². The van der Waals surface area contributed by atoms with Gasteiger partial charge in [-0.05, 0) is 25.3 Å². The number of nitrogens with zero attached hydrogens (tertiary/aromatic N) is 5. The topological polar surface area (TPSA) is 379 Å². The molecule has 1 unspecified atom stereocenters. The first-order valence-electron chi connectivity index (χ1n) is 15.8. The van der Waals surface area contributed by atoms with Gasteiger partial charge in [-0.1, -0.05) is 6.42 Å². The minimum atomic E-state index is -5.61. The molecule has 5 rings (SSSR count). The number of aliphatic carboxylic acids is 1. The van der Waals surface area contributed by atoms with E-state index in [1.165, 1.54) is 23.9 Å². The maximum Gasteiger partial charge on any atom is 1.00 e. The van der Waals surface area contributed by atoms with Crippen molar-refractivity contribution in [1.29, 1.82) is 0 Å². The van der Waals surface area contributed by atoms with E-state index >= 15 is 0 Å². The van der Waals surface area contributed by atoms with E-state index in [4.69, 9.17) is 34.7 Å². The van der Waals surface area contributed by atoms with Gasteiger partial charge in [0.2, 0.25) is 5.95 Å². The Morgan fingerprint density at radius 3 is 2.30 bits per heavy atom.